The SMILES string of the molecule is Cc1sc2ncnc(OCc3nc(-c4ccc(Cl)cc4)no3)c2c1C. The molecular formula is C17H13ClN4O2S. The van der Waals surface area contributed by atoms with Crippen LogP contribution in [-0.2, 0) is 6.61 Å². The lowest BCUT2D eigenvalue weighted by molar-refractivity contribution is 0.238. The molecule has 4 aromatic rings. The topological polar surface area (TPSA) is 73.9 Å². The smallest absolute Gasteiger partial charge is 0.264 e. The Hall–Kier alpha value is -2.51. The van der Waals surface area contributed by atoms with Gasteiger partial charge in [-0.3, -0.25) is 0 Å². The van der Waals surface area contributed by atoms with Crippen molar-refractivity contribution in [3.8, 4) is 17.3 Å². The molecule has 1 aromatic carbocycles. The maximum Gasteiger partial charge on any atom is 0.264 e. The van der Waals surface area contributed by atoms with Crippen LogP contribution < -0.4 is 4.74 Å². The van der Waals surface area contributed by atoms with Gasteiger partial charge in [-0.25, -0.2) is 9.97 Å². The fraction of sp³-hybridized carbons (Fsp3) is 0.176. The average molecular weight is 373 g/mol. The van der Waals surface area contributed by atoms with Crippen molar-refractivity contribution in [2.75, 3.05) is 0 Å². The van der Waals surface area contributed by atoms with Crippen LogP contribution in [0.3, 0.4) is 0 Å². The maximum absolute atomic E-state index is 5.89. The van der Waals surface area contributed by atoms with Crippen LogP contribution in [0.2, 0.25) is 5.02 Å². The third-order valence-corrected chi connectivity index (χ3v) is 5.20. The first-order valence-corrected chi connectivity index (χ1v) is 8.73. The predicted octanol–water partition coefficient (Wildman–Crippen LogP) is 4.59. The molecule has 0 bridgehead atoms. The maximum atomic E-state index is 5.89. The highest BCUT2D eigenvalue weighted by Crippen LogP contribution is 2.33. The van der Waals surface area contributed by atoms with Crippen LogP contribution in [0.1, 0.15) is 16.3 Å². The summed E-state index contributed by atoms with van der Waals surface area (Å²) in [5.74, 6) is 1.39. The summed E-state index contributed by atoms with van der Waals surface area (Å²) in [7, 11) is 0. The number of benzene rings is 1. The second kappa shape index (κ2) is 6.42. The predicted molar refractivity (Wildman–Crippen MR) is 96.0 cm³/mol. The van der Waals surface area contributed by atoms with Gasteiger partial charge >= 0.3 is 0 Å². The summed E-state index contributed by atoms with van der Waals surface area (Å²) in [6.07, 6.45) is 1.50. The molecule has 8 heteroatoms. The van der Waals surface area contributed by atoms with E-state index in [0.717, 1.165) is 21.3 Å². The molecule has 0 amide bonds. The van der Waals surface area contributed by atoms with Crippen molar-refractivity contribution in [3.63, 3.8) is 0 Å². The second-order valence-corrected chi connectivity index (χ2v) is 7.09. The lowest BCUT2D eigenvalue weighted by Gasteiger charge is -2.03. The molecule has 0 saturated heterocycles. The third kappa shape index (κ3) is 3.08. The number of thiophene rings is 1. The molecule has 0 aliphatic heterocycles. The van der Waals surface area contributed by atoms with E-state index in [2.05, 4.69) is 27.0 Å². The minimum atomic E-state index is 0.140. The van der Waals surface area contributed by atoms with E-state index >= 15 is 0 Å². The minimum Gasteiger partial charge on any atom is -0.467 e. The number of halogens is 1. The van der Waals surface area contributed by atoms with Gasteiger partial charge in [0.05, 0.1) is 5.39 Å². The average Bonchev–Trinajstić information content (AvgIpc) is 3.19. The number of rotatable bonds is 4. The molecular weight excluding hydrogens is 360 g/mol. The Morgan fingerprint density at radius 2 is 1.96 bits per heavy atom. The third-order valence-electron chi connectivity index (χ3n) is 3.83. The van der Waals surface area contributed by atoms with Gasteiger partial charge in [0.15, 0.2) is 6.61 Å². The van der Waals surface area contributed by atoms with Crippen LogP contribution >= 0.6 is 22.9 Å². The molecule has 25 heavy (non-hydrogen) atoms. The van der Waals surface area contributed by atoms with E-state index in [0.29, 0.717) is 22.6 Å². The molecule has 0 saturated carbocycles. The monoisotopic (exact) mass is 372 g/mol. The van der Waals surface area contributed by atoms with Gasteiger partial charge in [0.2, 0.25) is 11.7 Å². The van der Waals surface area contributed by atoms with Crippen LogP contribution in [-0.4, -0.2) is 20.1 Å². The van der Waals surface area contributed by atoms with Gasteiger partial charge in [-0.2, -0.15) is 4.98 Å². The summed E-state index contributed by atoms with van der Waals surface area (Å²) in [5, 5.41) is 5.56. The fourth-order valence-electron chi connectivity index (χ4n) is 2.42. The lowest BCUT2D eigenvalue weighted by Crippen LogP contribution is -1.99. The summed E-state index contributed by atoms with van der Waals surface area (Å²) >= 11 is 7.51. The molecule has 0 radical (unpaired) electrons. The highest BCUT2D eigenvalue weighted by molar-refractivity contribution is 7.18. The van der Waals surface area contributed by atoms with Gasteiger partial charge in [-0.1, -0.05) is 16.8 Å². The van der Waals surface area contributed by atoms with Crippen LogP contribution in [0.15, 0.2) is 35.1 Å². The molecule has 0 N–H and O–H groups in total. The lowest BCUT2D eigenvalue weighted by atomic mass is 10.2. The summed E-state index contributed by atoms with van der Waals surface area (Å²) in [5.41, 5.74) is 1.95. The van der Waals surface area contributed by atoms with Gasteiger partial charge in [0.1, 0.15) is 11.2 Å². The van der Waals surface area contributed by atoms with Crippen molar-refractivity contribution in [3.05, 3.63) is 51.9 Å². The van der Waals surface area contributed by atoms with E-state index in [1.54, 1.807) is 23.5 Å². The molecule has 0 unspecified atom stereocenters. The molecule has 126 valence electrons. The number of aryl methyl sites for hydroxylation is 2. The first kappa shape index (κ1) is 16.0. The molecule has 0 fully saturated rings. The van der Waals surface area contributed by atoms with E-state index in [4.69, 9.17) is 20.9 Å². The molecule has 6 nitrogen and oxygen atoms in total. The Balaban J connectivity index is 1.55. The Morgan fingerprint density at radius 1 is 1.16 bits per heavy atom. The van der Waals surface area contributed by atoms with Crippen LogP contribution in [0, 0.1) is 13.8 Å². The van der Waals surface area contributed by atoms with Gasteiger partial charge in [-0.05, 0) is 43.7 Å². The van der Waals surface area contributed by atoms with Gasteiger partial charge < -0.3 is 9.26 Å². The van der Waals surface area contributed by atoms with Crippen LogP contribution in [0.25, 0.3) is 21.6 Å². The minimum absolute atomic E-state index is 0.140. The van der Waals surface area contributed by atoms with E-state index in [1.807, 2.05) is 19.1 Å². The Kier molecular flexibility index (Phi) is 4.10. The standard InChI is InChI=1S/C17H13ClN4O2S/c1-9-10(2)25-17-14(9)16(19-8-20-17)23-7-13-21-15(22-24-13)11-3-5-12(18)6-4-11/h3-6,8H,7H2,1-2H3. The Bertz CT molecular complexity index is 1040. The van der Waals surface area contributed by atoms with Crippen LogP contribution in [0.5, 0.6) is 5.88 Å². The first-order chi connectivity index (χ1) is 12.1. The highest BCUT2D eigenvalue weighted by atomic mass is 35.5. The van der Waals surface area contributed by atoms with Crippen molar-refractivity contribution in [1.29, 1.82) is 0 Å². The zero-order valence-electron chi connectivity index (χ0n) is 13.5. The van der Waals surface area contributed by atoms with Gasteiger partial charge in [-0.15, -0.1) is 11.3 Å². The van der Waals surface area contributed by atoms with Crippen molar-refractivity contribution in [2.24, 2.45) is 0 Å². The largest absolute Gasteiger partial charge is 0.467 e. The van der Waals surface area contributed by atoms with Gasteiger partial charge in [0, 0.05) is 15.5 Å². The van der Waals surface area contributed by atoms with E-state index < -0.39 is 0 Å². The zero-order valence-corrected chi connectivity index (χ0v) is 15.1. The molecule has 0 spiro atoms. The number of aromatic nitrogens is 4. The van der Waals surface area contributed by atoms with E-state index in [-0.39, 0.29) is 6.61 Å². The first-order valence-electron chi connectivity index (χ1n) is 7.54. The van der Waals surface area contributed by atoms with Crippen molar-refractivity contribution in [2.45, 2.75) is 20.5 Å². The van der Waals surface area contributed by atoms with E-state index in [1.165, 1.54) is 11.2 Å². The molecule has 3 aromatic heterocycles. The van der Waals surface area contributed by atoms with E-state index in [9.17, 15) is 0 Å². The van der Waals surface area contributed by atoms with Crippen molar-refractivity contribution >= 4 is 33.2 Å². The van der Waals surface area contributed by atoms with Gasteiger partial charge in [0.25, 0.3) is 5.89 Å². The molecule has 4 rings (SSSR count). The molecule has 0 aliphatic rings. The summed E-state index contributed by atoms with van der Waals surface area (Å²) < 4.78 is 11.1. The van der Waals surface area contributed by atoms with Crippen molar-refractivity contribution < 1.29 is 9.26 Å². The number of ether oxygens (including phenoxy) is 1. The summed E-state index contributed by atoms with van der Waals surface area (Å²) in [6.45, 7) is 4.23. The number of nitrogens with zero attached hydrogens (tertiary/aromatic N) is 4. The molecule has 0 atom stereocenters. The zero-order chi connectivity index (χ0) is 17.4. The number of hydrogen-bond acceptors (Lipinski definition) is 7. The normalized spacial score (nSPS) is 11.2. The summed E-state index contributed by atoms with van der Waals surface area (Å²) in [6, 6.07) is 7.23. The highest BCUT2D eigenvalue weighted by Gasteiger charge is 2.15. The molecule has 0 aliphatic carbocycles. The Labute approximate surface area is 152 Å². The number of hydrogen-bond donors (Lipinski definition) is 0. The number of fused-ring (bicyclic) bond motifs is 1. The summed E-state index contributed by atoms with van der Waals surface area (Å²) in [4.78, 5) is 15.0. The molecule has 3 heterocycles. The quantitative estimate of drug-likeness (QED) is 0.521. The van der Waals surface area contributed by atoms with Crippen LogP contribution in [0.4, 0.5) is 0 Å². The fourth-order valence-corrected chi connectivity index (χ4v) is 3.53. The van der Waals surface area contributed by atoms with Crippen molar-refractivity contribution in [1.82, 2.24) is 20.1 Å². The Morgan fingerprint density at radius 3 is 2.76 bits per heavy atom. The second-order valence-electron chi connectivity index (χ2n) is 5.45.